The summed E-state index contributed by atoms with van der Waals surface area (Å²) in [4.78, 5) is 25.9. The molecule has 1 aliphatic heterocycles. The highest BCUT2D eigenvalue weighted by Crippen LogP contribution is 2.24. The van der Waals surface area contributed by atoms with E-state index in [0.29, 0.717) is 24.3 Å². The van der Waals surface area contributed by atoms with Crippen LogP contribution in [0.4, 0.5) is 5.69 Å². The van der Waals surface area contributed by atoms with Crippen LogP contribution in [0.15, 0.2) is 54.6 Å². The highest BCUT2D eigenvalue weighted by atomic mass is 16.3. The quantitative estimate of drug-likeness (QED) is 0.760. The monoisotopic (exact) mass is 365 g/mol. The Morgan fingerprint density at radius 3 is 2.37 bits per heavy atom. The first-order chi connectivity index (χ1) is 13.0. The molecule has 3 N–H and O–H groups in total. The smallest absolute Gasteiger partial charge is 0.251 e. The van der Waals surface area contributed by atoms with E-state index in [4.69, 9.17) is 0 Å². The summed E-state index contributed by atoms with van der Waals surface area (Å²) in [5, 5.41) is 14.8. The zero-order chi connectivity index (χ0) is 19.2. The molecule has 1 aliphatic rings. The van der Waals surface area contributed by atoms with Crippen molar-refractivity contribution >= 4 is 23.1 Å². The fourth-order valence-electron chi connectivity index (χ4n) is 3.05. The van der Waals surface area contributed by atoms with Gasteiger partial charge in [0.1, 0.15) is 5.75 Å². The van der Waals surface area contributed by atoms with Gasteiger partial charge in [-0.3, -0.25) is 14.5 Å². The summed E-state index contributed by atoms with van der Waals surface area (Å²) in [6, 6.07) is 14.0. The Hall–Kier alpha value is -3.12. The number of aromatic hydroxyl groups is 1. The number of hydrogen-bond acceptors (Lipinski definition) is 4. The first-order valence-electron chi connectivity index (χ1n) is 8.88. The second kappa shape index (κ2) is 8.51. The second-order valence-corrected chi connectivity index (χ2v) is 6.47. The van der Waals surface area contributed by atoms with E-state index >= 15 is 0 Å². The van der Waals surface area contributed by atoms with E-state index in [1.54, 1.807) is 43.4 Å². The molecule has 0 spiro atoms. The van der Waals surface area contributed by atoms with Crippen molar-refractivity contribution in [2.75, 3.05) is 32.0 Å². The van der Waals surface area contributed by atoms with E-state index < -0.39 is 0 Å². The fraction of sp³-hybridized carbons (Fsp3) is 0.238. The number of anilines is 1. The molecule has 27 heavy (non-hydrogen) atoms. The van der Waals surface area contributed by atoms with Crippen LogP contribution in [0.3, 0.4) is 0 Å². The van der Waals surface area contributed by atoms with E-state index in [1.165, 1.54) is 5.57 Å². The summed E-state index contributed by atoms with van der Waals surface area (Å²) in [7, 11) is 1.58. The third-order valence-electron chi connectivity index (χ3n) is 4.56. The Balaban J connectivity index is 1.52. The number of hydrogen-bond donors (Lipinski definition) is 3. The van der Waals surface area contributed by atoms with Gasteiger partial charge in [-0.1, -0.05) is 18.2 Å². The summed E-state index contributed by atoms with van der Waals surface area (Å²) < 4.78 is 0. The van der Waals surface area contributed by atoms with Gasteiger partial charge >= 0.3 is 0 Å². The van der Waals surface area contributed by atoms with Crippen LogP contribution in [0.1, 0.15) is 22.3 Å². The summed E-state index contributed by atoms with van der Waals surface area (Å²) in [5.74, 6) is 0.0263. The Kier molecular flexibility index (Phi) is 5.88. The Morgan fingerprint density at radius 2 is 1.78 bits per heavy atom. The summed E-state index contributed by atoms with van der Waals surface area (Å²) in [5.41, 5.74) is 3.56. The number of phenols is 1. The molecule has 1 heterocycles. The van der Waals surface area contributed by atoms with Crippen molar-refractivity contribution in [1.29, 1.82) is 0 Å². The number of carbonyl (C=O) groups is 2. The van der Waals surface area contributed by atoms with Gasteiger partial charge in [-0.25, -0.2) is 0 Å². The number of benzene rings is 2. The van der Waals surface area contributed by atoms with Crippen molar-refractivity contribution in [2.45, 2.75) is 6.42 Å². The van der Waals surface area contributed by atoms with Crippen molar-refractivity contribution in [1.82, 2.24) is 10.2 Å². The van der Waals surface area contributed by atoms with Gasteiger partial charge in [0.2, 0.25) is 5.91 Å². The zero-order valence-corrected chi connectivity index (χ0v) is 15.2. The fourth-order valence-corrected chi connectivity index (χ4v) is 3.05. The molecule has 2 aromatic carbocycles. The number of rotatable bonds is 5. The third kappa shape index (κ3) is 4.95. The SMILES string of the molecule is CNC(=O)c1ccc(NC(=O)CN2CC=C(c3ccc(O)cc3)CC2)cc1. The van der Waals surface area contributed by atoms with Gasteiger partial charge in [0.05, 0.1) is 6.54 Å². The second-order valence-electron chi connectivity index (χ2n) is 6.47. The summed E-state index contributed by atoms with van der Waals surface area (Å²) >= 11 is 0. The average Bonchev–Trinajstić information content (AvgIpc) is 2.69. The lowest BCUT2D eigenvalue weighted by Gasteiger charge is -2.26. The normalized spacial score (nSPS) is 14.3. The first-order valence-corrected chi connectivity index (χ1v) is 8.88. The van der Waals surface area contributed by atoms with E-state index in [9.17, 15) is 14.7 Å². The maximum absolute atomic E-state index is 12.3. The molecule has 2 amide bonds. The van der Waals surface area contributed by atoms with E-state index in [2.05, 4.69) is 21.6 Å². The molecule has 140 valence electrons. The maximum atomic E-state index is 12.3. The van der Waals surface area contributed by atoms with Crippen LogP contribution >= 0.6 is 0 Å². The average molecular weight is 365 g/mol. The van der Waals surface area contributed by atoms with Gasteiger partial charge in [-0.2, -0.15) is 0 Å². The molecular weight excluding hydrogens is 342 g/mol. The van der Waals surface area contributed by atoms with Crippen LogP contribution in [0, 0.1) is 0 Å². The van der Waals surface area contributed by atoms with Gasteiger partial charge < -0.3 is 15.7 Å². The lowest BCUT2D eigenvalue weighted by atomic mass is 9.99. The summed E-state index contributed by atoms with van der Waals surface area (Å²) in [6.07, 6.45) is 2.99. The van der Waals surface area contributed by atoms with Crippen LogP contribution in [0.2, 0.25) is 0 Å². The van der Waals surface area contributed by atoms with Crippen molar-refractivity contribution in [3.05, 3.63) is 65.7 Å². The predicted octanol–water partition coefficient (Wildman–Crippen LogP) is 2.48. The third-order valence-corrected chi connectivity index (χ3v) is 4.56. The number of carbonyl (C=O) groups excluding carboxylic acids is 2. The predicted molar refractivity (Wildman–Crippen MR) is 106 cm³/mol. The Morgan fingerprint density at radius 1 is 1.07 bits per heavy atom. The zero-order valence-electron chi connectivity index (χ0n) is 15.2. The van der Waals surface area contributed by atoms with E-state index in [1.807, 2.05) is 12.1 Å². The van der Waals surface area contributed by atoms with Crippen LogP contribution < -0.4 is 10.6 Å². The van der Waals surface area contributed by atoms with Crippen LogP contribution in [0.5, 0.6) is 5.75 Å². The van der Waals surface area contributed by atoms with Gasteiger partial charge in [-0.05, 0) is 54.0 Å². The Labute approximate surface area is 158 Å². The topological polar surface area (TPSA) is 81.7 Å². The molecule has 0 aliphatic carbocycles. The molecule has 6 heteroatoms. The molecule has 0 saturated heterocycles. The Bertz CT molecular complexity index is 842. The molecule has 0 aromatic heterocycles. The highest BCUT2D eigenvalue weighted by Gasteiger charge is 2.16. The van der Waals surface area contributed by atoms with Crippen LogP contribution in [-0.4, -0.2) is 48.5 Å². The molecule has 0 unspecified atom stereocenters. The lowest BCUT2D eigenvalue weighted by molar-refractivity contribution is -0.117. The molecule has 0 saturated carbocycles. The van der Waals surface area contributed by atoms with Crippen LogP contribution in [0.25, 0.3) is 5.57 Å². The van der Waals surface area contributed by atoms with E-state index in [-0.39, 0.29) is 17.6 Å². The summed E-state index contributed by atoms with van der Waals surface area (Å²) in [6.45, 7) is 1.82. The molecule has 0 radical (unpaired) electrons. The minimum absolute atomic E-state index is 0.0795. The van der Waals surface area contributed by atoms with Crippen molar-refractivity contribution in [3.63, 3.8) is 0 Å². The minimum Gasteiger partial charge on any atom is -0.508 e. The van der Waals surface area contributed by atoms with Gasteiger partial charge in [0.25, 0.3) is 5.91 Å². The molecule has 0 bridgehead atoms. The molecule has 0 fully saturated rings. The largest absolute Gasteiger partial charge is 0.508 e. The minimum atomic E-state index is -0.155. The standard InChI is InChI=1S/C21H23N3O3/c1-22-21(27)17-2-6-18(7-3-17)23-20(26)14-24-12-10-16(11-13-24)15-4-8-19(25)9-5-15/h2-10,25H,11-14H2,1H3,(H,22,27)(H,23,26). The van der Waals surface area contributed by atoms with Crippen molar-refractivity contribution in [2.24, 2.45) is 0 Å². The molecular formula is C21H23N3O3. The van der Waals surface area contributed by atoms with Gasteiger partial charge in [0.15, 0.2) is 0 Å². The lowest BCUT2D eigenvalue weighted by Crippen LogP contribution is -2.36. The number of nitrogens with one attached hydrogen (secondary N) is 2. The van der Waals surface area contributed by atoms with Gasteiger partial charge in [-0.15, -0.1) is 0 Å². The van der Waals surface area contributed by atoms with E-state index in [0.717, 1.165) is 18.5 Å². The number of nitrogens with zero attached hydrogens (tertiary/aromatic N) is 1. The molecule has 3 rings (SSSR count). The molecule has 2 aromatic rings. The molecule has 6 nitrogen and oxygen atoms in total. The number of phenolic OH excluding ortho intramolecular Hbond substituents is 1. The highest BCUT2D eigenvalue weighted by molar-refractivity contribution is 5.96. The van der Waals surface area contributed by atoms with Crippen molar-refractivity contribution in [3.8, 4) is 5.75 Å². The maximum Gasteiger partial charge on any atom is 0.251 e. The number of amides is 2. The first kappa shape index (κ1) is 18.7. The van der Waals surface area contributed by atoms with Crippen LogP contribution in [-0.2, 0) is 4.79 Å². The molecule has 0 atom stereocenters. The van der Waals surface area contributed by atoms with Crippen molar-refractivity contribution < 1.29 is 14.7 Å². The van der Waals surface area contributed by atoms with Gasteiger partial charge in [0, 0.05) is 31.4 Å².